The number of hydrogen-bond donors (Lipinski definition) is 1. The van der Waals surface area contributed by atoms with Crippen molar-refractivity contribution in [1.29, 1.82) is 0 Å². The minimum Gasteiger partial charge on any atom is -0.330 e. The Morgan fingerprint density at radius 3 is 3.18 bits per heavy atom. The number of H-pyrrole nitrogens is 1. The van der Waals surface area contributed by atoms with Gasteiger partial charge in [-0.05, 0) is 11.4 Å². The van der Waals surface area contributed by atoms with E-state index in [1.165, 1.54) is 0 Å². The van der Waals surface area contributed by atoms with Gasteiger partial charge < -0.3 is 4.98 Å². The zero-order valence-corrected chi connectivity index (χ0v) is 7.46. The monoisotopic (exact) mass is 186 g/mol. The Bertz CT molecular complexity index is 375. The highest BCUT2D eigenvalue weighted by Gasteiger charge is 2.05. The zero-order valence-electron chi connectivity index (χ0n) is 5.83. The van der Waals surface area contributed by atoms with Crippen LogP contribution in [0.3, 0.4) is 0 Å². The van der Waals surface area contributed by atoms with Crippen LogP contribution in [0.2, 0.25) is 0 Å². The first-order valence-corrected chi connectivity index (χ1v) is 5.48. The van der Waals surface area contributed by atoms with Crippen molar-refractivity contribution in [3.63, 3.8) is 0 Å². The third-order valence-electron chi connectivity index (χ3n) is 1.36. The smallest absolute Gasteiger partial charge is 0.197 e. The minimum absolute atomic E-state index is 0.562. The molecule has 0 bridgehead atoms. The van der Waals surface area contributed by atoms with Crippen molar-refractivity contribution >= 4 is 32.5 Å². The molecule has 0 aromatic carbocycles. The zero-order chi connectivity index (χ0) is 7.84. The average molecular weight is 186 g/mol. The molecule has 11 heavy (non-hydrogen) atoms. The summed E-state index contributed by atoms with van der Waals surface area (Å²) in [5.41, 5.74) is 0.972. The fourth-order valence-electron chi connectivity index (χ4n) is 0.855. The van der Waals surface area contributed by atoms with Gasteiger partial charge in [-0.1, -0.05) is 0 Å². The van der Waals surface area contributed by atoms with Crippen LogP contribution >= 0.6 is 11.3 Å². The molecule has 0 spiro atoms. The molecular weight excluding hydrogens is 180 g/mol. The number of nitrogens with zero attached hydrogens (tertiary/aromatic N) is 1. The van der Waals surface area contributed by atoms with E-state index in [2.05, 4.69) is 9.97 Å². The quantitative estimate of drug-likeness (QED) is 0.731. The van der Waals surface area contributed by atoms with Gasteiger partial charge in [-0.15, -0.1) is 11.3 Å². The second kappa shape index (κ2) is 2.42. The average Bonchev–Trinajstić information content (AvgIpc) is 2.40. The summed E-state index contributed by atoms with van der Waals surface area (Å²) in [5, 5.41) is 2.52. The molecule has 0 saturated carbocycles. The molecule has 1 atom stereocenters. The van der Waals surface area contributed by atoms with Gasteiger partial charge in [0.15, 0.2) is 5.16 Å². The first-order valence-electron chi connectivity index (χ1n) is 3.04. The fourth-order valence-corrected chi connectivity index (χ4v) is 2.11. The Labute approximate surface area is 69.9 Å². The van der Waals surface area contributed by atoms with Crippen molar-refractivity contribution in [2.75, 3.05) is 6.26 Å². The third kappa shape index (κ3) is 1.10. The van der Waals surface area contributed by atoms with Crippen molar-refractivity contribution in [1.82, 2.24) is 9.97 Å². The summed E-state index contributed by atoms with van der Waals surface area (Å²) in [6, 6.07) is 1.93. The molecule has 3 nitrogen and oxygen atoms in total. The van der Waals surface area contributed by atoms with E-state index in [-0.39, 0.29) is 0 Å². The molecule has 58 valence electrons. The van der Waals surface area contributed by atoms with Crippen molar-refractivity contribution in [3.8, 4) is 0 Å². The van der Waals surface area contributed by atoms with Crippen LogP contribution in [0.5, 0.6) is 0 Å². The van der Waals surface area contributed by atoms with E-state index in [9.17, 15) is 4.21 Å². The number of hydrogen-bond acceptors (Lipinski definition) is 3. The molecule has 0 aliphatic heterocycles. The summed E-state index contributed by atoms with van der Waals surface area (Å²) in [6.45, 7) is 0. The Hall–Kier alpha value is -0.680. The second-order valence-corrected chi connectivity index (χ2v) is 4.33. The number of thiophene rings is 1. The summed E-state index contributed by atoms with van der Waals surface area (Å²) < 4.78 is 10.9. The van der Waals surface area contributed by atoms with Gasteiger partial charge in [0.05, 0.1) is 16.3 Å². The highest BCUT2D eigenvalue weighted by Crippen LogP contribution is 2.18. The van der Waals surface area contributed by atoms with Crippen LogP contribution in [-0.2, 0) is 10.8 Å². The highest BCUT2D eigenvalue weighted by atomic mass is 32.2. The number of aromatic nitrogens is 2. The van der Waals surface area contributed by atoms with E-state index in [1.807, 2.05) is 11.4 Å². The molecule has 2 heterocycles. The third-order valence-corrected chi connectivity index (χ3v) is 2.91. The molecule has 0 aliphatic carbocycles. The van der Waals surface area contributed by atoms with E-state index in [0.717, 1.165) is 10.3 Å². The van der Waals surface area contributed by atoms with E-state index < -0.39 is 10.8 Å². The van der Waals surface area contributed by atoms with Gasteiger partial charge in [0, 0.05) is 6.26 Å². The molecule has 0 fully saturated rings. The van der Waals surface area contributed by atoms with Crippen molar-refractivity contribution in [3.05, 3.63) is 11.4 Å². The Kier molecular flexibility index (Phi) is 1.54. The van der Waals surface area contributed by atoms with Crippen molar-refractivity contribution < 1.29 is 4.21 Å². The number of nitrogens with one attached hydrogen (secondary N) is 1. The molecule has 5 heteroatoms. The van der Waals surface area contributed by atoms with E-state index in [0.29, 0.717) is 5.16 Å². The van der Waals surface area contributed by atoms with Gasteiger partial charge in [-0.25, -0.2) is 4.98 Å². The number of imidazole rings is 1. The first kappa shape index (κ1) is 7.00. The molecular formula is C6H6N2OS2. The maximum Gasteiger partial charge on any atom is 0.197 e. The van der Waals surface area contributed by atoms with Crippen LogP contribution in [0.25, 0.3) is 10.3 Å². The Morgan fingerprint density at radius 2 is 2.55 bits per heavy atom. The summed E-state index contributed by atoms with van der Waals surface area (Å²) >= 11 is 1.55. The van der Waals surface area contributed by atoms with Gasteiger partial charge in [-0.3, -0.25) is 4.21 Å². The van der Waals surface area contributed by atoms with Gasteiger partial charge in [-0.2, -0.15) is 0 Å². The van der Waals surface area contributed by atoms with Crippen LogP contribution in [0.4, 0.5) is 0 Å². The number of aromatic amines is 1. The molecule has 2 aromatic rings. The maximum absolute atomic E-state index is 10.9. The highest BCUT2D eigenvalue weighted by molar-refractivity contribution is 7.84. The van der Waals surface area contributed by atoms with Gasteiger partial charge in [0.2, 0.25) is 0 Å². The molecule has 0 saturated heterocycles. The molecule has 1 unspecified atom stereocenters. The van der Waals surface area contributed by atoms with Crippen LogP contribution in [0, 0.1) is 0 Å². The summed E-state index contributed by atoms with van der Waals surface area (Å²) in [4.78, 5) is 8.04. The standard InChI is InChI=1S/C6H6N2OS2/c1-11(9)6-7-4-2-3-10-5(4)8-6/h2-3H,1H3,(H,7,8). The molecule has 0 amide bonds. The van der Waals surface area contributed by atoms with Crippen LogP contribution in [0.15, 0.2) is 16.6 Å². The van der Waals surface area contributed by atoms with Crippen LogP contribution < -0.4 is 0 Å². The number of rotatable bonds is 1. The molecule has 0 radical (unpaired) electrons. The lowest BCUT2D eigenvalue weighted by Crippen LogP contribution is -1.88. The van der Waals surface area contributed by atoms with Gasteiger partial charge in [0.25, 0.3) is 0 Å². The molecule has 2 rings (SSSR count). The van der Waals surface area contributed by atoms with E-state index in [4.69, 9.17) is 0 Å². The van der Waals surface area contributed by atoms with Crippen molar-refractivity contribution in [2.24, 2.45) is 0 Å². The second-order valence-electron chi connectivity index (χ2n) is 2.14. The predicted molar refractivity (Wildman–Crippen MR) is 46.3 cm³/mol. The Morgan fingerprint density at radius 1 is 1.73 bits per heavy atom. The predicted octanol–water partition coefficient (Wildman–Crippen LogP) is 1.36. The lowest BCUT2D eigenvalue weighted by atomic mass is 10.6. The normalized spacial score (nSPS) is 13.9. The first-order chi connectivity index (χ1) is 5.27. The largest absolute Gasteiger partial charge is 0.330 e. The SMILES string of the molecule is CS(=O)c1nc2sccc2[nH]1. The van der Waals surface area contributed by atoms with E-state index in [1.54, 1.807) is 17.6 Å². The molecule has 0 aliphatic rings. The summed E-state index contributed by atoms with van der Waals surface area (Å²) in [5.74, 6) is 0. The molecule has 2 aromatic heterocycles. The summed E-state index contributed by atoms with van der Waals surface area (Å²) in [7, 11) is -1.00. The topological polar surface area (TPSA) is 45.8 Å². The number of fused-ring (bicyclic) bond motifs is 1. The Balaban J connectivity index is 2.67. The fraction of sp³-hybridized carbons (Fsp3) is 0.167. The lowest BCUT2D eigenvalue weighted by molar-refractivity contribution is 0.682. The van der Waals surface area contributed by atoms with E-state index >= 15 is 0 Å². The minimum atomic E-state index is -1.00. The maximum atomic E-state index is 10.9. The lowest BCUT2D eigenvalue weighted by Gasteiger charge is -1.83. The van der Waals surface area contributed by atoms with Gasteiger partial charge >= 0.3 is 0 Å². The van der Waals surface area contributed by atoms with Crippen LogP contribution in [0.1, 0.15) is 0 Å². The summed E-state index contributed by atoms with van der Waals surface area (Å²) in [6.07, 6.45) is 1.61. The van der Waals surface area contributed by atoms with Gasteiger partial charge in [0.1, 0.15) is 4.83 Å². The molecule has 1 N–H and O–H groups in total. The van der Waals surface area contributed by atoms with Crippen LogP contribution in [-0.4, -0.2) is 20.4 Å². The van der Waals surface area contributed by atoms with Crippen molar-refractivity contribution in [2.45, 2.75) is 5.16 Å².